The van der Waals surface area contributed by atoms with Crippen molar-refractivity contribution in [2.75, 3.05) is 0 Å². The second-order valence-corrected chi connectivity index (χ2v) is 6.68. The number of benzene rings is 4. The lowest BCUT2D eigenvalue weighted by atomic mass is 10.1. The second-order valence-electron chi connectivity index (χ2n) is 5.88. The minimum atomic E-state index is -0.411. The third kappa shape index (κ3) is 2.46. The Morgan fingerprint density at radius 1 is 0.692 bits per heavy atom. The van der Waals surface area contributed by atoms with Crippen LogP contribution in [0.2, 0.25) is 0 Å². The van der Waals surface area contributed by atoms with Crippen LogP contribution in [0.1, 0.15) is 9.60 Å². The Morgan fingerprint density at radius 3 is 2.19 bits per heavy atom. The standard InChI is InChI=1S/C24H16BrN/c25-19-12-15-22-21-8-4-5-9-23(21)26(24(22)16-19)20-13-10-18(11-14-20)17-6-2-1-3-7-17/h1-16H/i4D,5D,8D,9D,12D,15D,16D. The van der Waals surface area contributed by atoms with E-state index in [-0.39, 0.29) is 62.5 Å². The average Bonchev–Trinajstić information content (AvgIpc) is 3.20. The van der Waals surface area contributed by atoms with Crippen LogP contribution in [0, 0.1) is 0 Å². The number of rotatable bonds is 2. The topological polar surface area (TPSA) is 4.93 Å². The number of nitrogens with zero attached hydrogens (tertiary/aromatic N) is 1. The quantitative estimate of drug-likeness (QED) is 0.292. The van der Waals surface area contributed by atoms with Crippen molar-refractivity contribution in [2.45, 2.75) is 0 Å². The summed E-state index contributed by atoms with van der Waals surface area (Å²) < 4.78 is 60.6. The highest BCUT2D eigenvalue weighted by Gasteiger charge is 2.12. The zero-order valence-electron chi connectivity index (χ0n) is 20.5. The lowest BCUT2D eigenvalue weighted by molar-refractivity contribution is 1.18. The molecule has 0 atom stereocenters. The van der Waals surface area contributed by atoms with Gasteiger partial charge in [0.05, 0.1) is 20.6 Å². The molecule has 0 N–H and O–H groups in total. The molecule has 124 valence electrons. The van der Waals surface area contributed by atoms with Crippen LogP contribution in [0.5, 0.6) is 0 Å². The Bertz CT molecular complexity index is 1500. The van der Waals surface area contributed by atoms with Crippen LogP contribution in [0.3, 0.4) is 0 Å². The maximum Gasteiger partial charge on any atom is 0.0657 e. The van der Waals surface area contributed by atoms with Crippen LogP contribution >= 0.6 is 15.9 Å². The normalized spacial score (nSPS) is 15.0. The van der Waals surface area contributed by atoms with E-state index in [1.54, 1.807) is 4.57 Å². The Balaban J connectivity index is 1.95. The first-order chi connectivity index (χ1) is 15.7. The summed E-state index contributed by atoms with van der Waals surface area (Å²) in [5, 5.41) is 0.310. The van der Waals surface area contributed by atoms with E-state index < -0.39 is 6.04 Å². The SMILES string of the molecule is [2H]c1c([2H])c([2H])c2c(c1[2H])c1c([2H])c([2H])c(Br)c([2H])c1n2-c1ccc(-c2ccccc2)cc1. The molecule has 1 heterocycles. The van der Waals surface area contributed by atoms with Crippen LogP contribution in [0.4, 0.5) is 0 Å². The maximum atomic E-state index is 8.69. The summed E-state index contributed by atoms with van der Waals surface area (Å²) in [7, 11) is 0. The molecule has 0 aliphatic rings. The molecule has 4 aromatic carbocycles. The summed E-state index contributed by atoms with van der Waals surface area (Å²) in [5.41, 5.74) is 3.05. The van der Waals surface area contributed by atoms with Crippen LogP contribution in [-0.2, 0) is 0 Å². The summed E-state index contributed by atoms with van der Waals surface area (Å²) >= 11 is 3.25. The van der Waals surface area contributed by atoms with Crippen molar-refractivity contribution in [3.8, 4) is 16.8 Å². The van der Waals surface area contributed by atoms with Gasteiger partial charge in [0, 0.05) is 20.9 Å². The van der Waals surface area contributed by atoms with Gasteiger partial charge in [-0.1, -0.05) is 82.6 Å². The Hall–Kier alpha value is -2.84. The largest absolute Gasteiger partial charge is 0.309 e. The lowest BCUT2D eigenvalue weighted by Gasteiger charge is -2.09. The zero-order chi connectivity index (χ0) is 23.6. The number of fused-ring (bicyclic) bond motifs is 3. The third-order valence-corrected chi connectivity index (χ3v) is 4.76. The second kappa shape index (κ2) is 6.15. The van der Waals surface area contributed by atoms with E-state index in [0.717, 1.165) is 11.1 Å². The molecular formula is C24H16BrN. The summed E-state index contributed by atoms with van der Waals surface area (Å²) in [6, 6.07) is 15.5. The number of halogens is 1. The fourth-order valence-corrected chi connectivity index (χ4v) is 3.47. The molecule has 0 unspecified atom stereocenters. The Labute approximate surface area is 170 Å². The van der Waals surface area contributed by atoms with Crippen molar-refractivity contribution < 1.29 is 9.60 Å². The smallest absolute Gasteiger partial charge is 0.0657 e. The van der Waals surface area contributed by atoms with E-state index in [2.05, 4.69) is 15.9 Å². The first kappa shape index (κ1) is 9.75. The Morgan fingerprint density at radius 2 is 1.38 bits per heavy atom. The molecule has 0 bridgehead atoms. The van der Waals surface area contributed by atoms with Crippen molar-refractivity contribution >= 4 is 37.7 Å². The molecule has 0 radical (unpaired) electrons. The van der Waals surface area contributed by atoms with Gasteiger partial charge >= 0.3 is 0 Å². The van der Waals surface area contributed by atoms with Gasteiger partial charge in [-0.2, -0.15) is 0 Å². The van der Waals surface area contributed by atoms with E-state index in [4.69, 9.17) is 9.60 Å². The maximum absolute atomic E-state index is 8.69. The van der Waals surface area contributed by atoms with Crippen molar-refractivity contribution in [1.82, 2.24) is 4.57 Å². The van der Waals surface area contributed by atoms with Gasteiger partial charge in [0.1, 0.15) is 0 Å². The van der Waals surface area contributed by atoms with Gasteiger partial charge in [0.15, 0.2) is 0 Å². The fraction of sp³-hybridized carbons (Fsp3) is 0. The molecule has 2 heteroatoms. The Kier molecular flexibility index (Phi) is 2.31. The highest BCUT2D eigenvalue weighted by molar-refractivity contribution is 9.10. The van der Waals surface area contributed by atoms with Crippen LogP contribution in [0.15, 0.2) is 101 Å². The number of aromatic nitrogens is 1. The zero-order valence-corrected chi connectivity index (χ0v) is 15.1. The number of para-hydroxylation sites is 1. The minimum Gasteiger partial charge on any atom is -0.309 e. The molecule has 0 aliphatic heterocycles. The molecular weight excluding hydrogens is 382 g/mol. The minimum absolute atomic E-state index is 0.0498. The van der Waals surface area contributed by atoms with Gasteiger partial charge in [-0.15, -0.1) is 0 Å². The van der Waals surface area contributed by atoms with E-state index in [9.17, 15) is 0 Å². The van der Waals surface area contributed by atoms with Gasteiger partial charge in [0.25, 0.3) is 0 Å². The molecule has 0 aliphatic carbocycles. The van der Waals surface area contributed by atoms with Crippen LogP contribution in [-0.4, -0.2) is 4.57 Å². The molecule has 5 rings (SSSR count). The van der Waals surface area contributed by atoms with Crippen molar-refractivity contribution in [3.63, 3.8) is 0 Å². The monoisotopic (exact) mass is 404 g/mol. The van der Waals surface area contributed by atoms with Gasteiger partial charge in [-0.05, 0) is 41.4 Å². The molecule has 26 heavy (non-hydrogen) atoms. The molecule has 0 amide bonds. The molecule has 0 saturated heterocycles. The van der Waals surface area contributed by atoms with Gasteiger partial charge in [-0.25, -0.2) is 0 Å². The van der Waals surface area contributed by atoms with Crippen molar-refractivity contribution in [2.24, 2.45) is 0 Å². The summed E-state index contributed by atoms with van der Waals surface area (Å²) in [6.07, 6.45) is 0. The highest BCUT2D eigenvalue weighted by Crippen LogP contribution is 2.34. The van der Waals surface area contributed by atoms with E-state index in [1.165, 1.54) is 0 Å². The van der Waals surface area contributed by atoms with Crippen LogP contribution < -0.4 is 0 Å². The fourth-order valence-electron chi connectivity index (χ4n) is 3.18. The van der Waals surface area contributed by atoms with Gasteiger partial charge in [-0.3, -0.25) is 0 Å². The summed E-state index contributed by atoms with van der Waals surface area (Å²) in [6.45, 7) is 0. The lowest BCUT2D eigenvalue weighted by Crippen LogP contribution is -1.93. The summed E-state index contributed by atoms with van der Waals surface area (Å²) in [4.78, 5) is 0. The number of hydrogen-bond donors (Lipinski definition) is 0. The predicted molar refractivity (Wildman–Crippen MR) is 114 cm³/mol. The molecule has 0 fully saturated rings. The predicted octanol–water partition coefficient (Wildman–Crippen LogP) is 7.21. The average molecular weight is 405 g/mol. The molecule has 0 spiro atoms. The molecule has 0 saturated carbocycles. The van der Waals surface area contributed by atoms with Crippen molar-refractivity contribution in [3.05, 3.63) is 101 Å². The van der Waals surface area contributed by atoms with E-state index >= 15 is 0 Å². The van der Waals surface area contributed by atoms with Gasteiger partial charge in [0.2, 0.25) is 0 Å². The highest BCUT2D eigenvalue weighted by atomic mass is 79.9. The van der Waals surface area contributed by atoms with Gasteiger partial charge < -0.3 is 4.57 Å². The summed E-state index contributed by atoms with van der Waals surface area (Å²) in [5.74, 6) is 0. The van der Waals surface area contributed by atoms with E-state index in [1.807, 2.05) is 54.6 Å². The van der Waals surface area contributed by atoms with Crippen LogP contribution in [0.25, 0.3) is 38.6 Å². The molecule has 1 aromatic heterocycles. The first-order valence-electron chi connectivity index (χ1n) is 11.6. The molecule has 1 nitrogen and oxygen atoms in total. The first-order valence-corrected chi connectivity index (χ1v) is 8.88. The molecule has 5 aromatic rings. The third-order valence-electron chi connectivity index (χ3n) is 4.36. The van der Waals surface area contributed by atoms with Crippen molar-refractivity contribution in [1.29, 1.82) is 0 Å². The van der Waals surface area contributed by atoms with E-state index in [0.29, 0.717) is 5.69 Å². The number of hydrogen-bond acceptors (Lipinski definition) is 0.